The second-order valence-electron chi connectivity index (χ2n) is 10.1. The van der Waals surface area contributed by atoms with Gasteiger partial charge in [0, 0.05) is 12.7 Å². The van der Waals surface area contributed by atoms with Crippen molar-refractivity contribution in [3.63, 3.8) is 0 Å². The molecule has 11 heteroatoms. The molecule has 1 aliphatic rings. The molecule has 36 heavy (non-hydrogen) atoms. The number of imidazole rings is 1. The highest BCUT2D eigenvalue weighted by atomic mass is 19.4. The van der Waals surface area contributed by atoms with Crippen LogP contribution in [0.25, 0.3) is 22.7 Å². The van der Waals surface area contributed by atoms with Crippen LogP contribution in [-0.2, 0) is 6.54 Å². The van der Waals surface area contributed by atoms with Gasteiger partial charge in [0.2, 0.25) is 5.82 Å². The van der Waals surface area contributed by atoms with Crippen LogP contribution in [0.5, 0.6) is 0 Å². The van der Waals surface area contributed by atoms with Gasteiger partial charge < -0.3 is 15.0 Å². The first-order valence-electron chi connectivity index (χ1n) is 12.2. The molecule has 0 saturated heterocycles. The number of anilines is 1. The van der Waals surface area contributed by atoms with Gasteiger partial charge >= 0.3 is 12.1 Å². The first-order chi connectivity index (χ1) is 16.9. The van der Waals surface area contributed by atoms with Crippen molar-refractivity contribution in [2.24, 2.45) is 11.8 Å². The van der Waals surface area contributed by atoms with Gasteiger partial charge in [-0.25, -0.2) is 19.7 Å². The van der Waals surface area contributed by atoms with E-state index in [-0.39, 0.29) is 28.8 Å². The van der Waals surface area contributed by atoms with Gasteiger partial charge in [-0.1, -0.05) is 33.6 Å². The Morgan fingerprint density at radius 3 is 2.47 bits per heavy atom. The van der Waals surface area contributed by atoms with Crippen molar-refractivity contribution >= 4 is 23.0 Å². The molecule has 8 nitrogen and oxygen atoms in total. The summed E-state index contributed by atoms with van der Waals surface area (Å²) in [7, 11) is 0. The number of halogens is 3. The Morgan fingerprint density at radius 1 is 1.17 bits per heavy atom. The molecular weight excluding hydrogens is 473 g/mol. The minimum absolute atomic E-state index is 0.0233. The van der Waals surface area contributed by atoms with Crippen LogP contribution >= 0.6 is 0 Å². The zero-order chi connectivity index (χ0) is 26.2. The molecule has 0 spiro atoms. The molecule has 0 bridgehead atoms. The molecule has 3 heterocycles. The number of pyridine rings is 1. The molecule has 1 fully saturated rings. The Bertz CT molecular complexity index is 1250. The number of hydrogen-bond acceptors (Lipinski definition) is 6. The lowest BCUT2D eigenvalue weighted by Gasteiger charge is -2.27. The lowest BCUT2D eigenvalue weighted by molar-refractivity contribution is -0.138. The Labute approximate surface area is 207 Å². The van der Waals surface area contributed by atoms with Gasteiger partial charge in [0.25, 0.3) is 0 Å². The maximum Gasteiger partial charge on any atom is 0.408 e. The molecule has 1 atom stereocenters. The SMILES string of the molecule is CC1CCC(Cn2c(-c3cc(C(C)C)ccn3)nc3nc(C(=O)O)nc(NC(C)C(F)(F)F)c32)CC1. The fourth-order valence-corrected chi connectivity index (χ4v) is 4.59. The van der Waals surface area contributed by atoms with Crippen molar-refractivity contribution in [3.8, 4) is 11.5 Å². The van der Waals surface area contributed by atoms with E-state index in [4.69, 9.17) is 0 Å². The van der Waals surface area contributed by atoms with Gasteiger partial charge in [-0.15, -0.1) is 0 Å². The zero-order valence-corrected chi connectivity index (χ0v) is 20.8. The number of nitrogens with zero attached hydrogens (tertiary/aromatic N) is 5. The highest BCUT2D eigenvalue weighted by Crippen LogP contribution is 2.35. The summed E-state index contributed by atoms with van der Waals surface area (Å²) in [4.78, 5) is 28.8. The minimum Gasteiger partial charge on any atom is -0.475 e. The molecule has 1 saturated carbocycles. The number of alkyl halides is 3. The third kappa shape index (κ3) is 5.44. The van der Waals surface area contributed by atoms with Crippen molar-refractivity contribution < 1.29 is 23.1 Å². The predicted molar refractivity (Wildman–Crippen MR) is 130 cm³/mol. The molecule has 1 unspecified atom stereocenters. The van der Waals surface area contributed by atoms with Crippen molar-refractivity contribution in [1.29, 1.82) is 0 Å². The number of carboxylic acids is 1. The number of hydrogen-bond donors (Lipinski definition) is 2. The van der Waals surface area contributed by atoms with E-state index in [1.165, 1.54) is 0 Å². The first-order valence-corrected chi connectivity index (χ1v) is 12.2. The van der Waals surface area contributed by atoms with Crippen LogP contribution in [-0.4, -0.2) is 47.8 Å². The van der Waals surface area contributed by atoms with E-state index in [0.29, 0.717) is 24.0 Å². The van der Waals surface area contributed by atoms with Crippen LogP contribution in [0.4, 0.5) is 19.0 Å². The molecule has 4 rings (SSSR count). The quantitative estimate of drug-likeness (QED) is 0.413. The molecule has 3 aromatic rings. The number of fused-ring (bicyclic) bond motifs is 1. The van der Waals surface area contributed by atoms with Gasteiger partial charge in [-0.3, -0.25) is 4.98 Å². The standard InChI is InChI=1S/C25H31F3N6O2/c1-13(2)17-9-10-29-18(11-17)23-33-21-19(34(23)12-16-7-5-14(3)6-8-16)20(30-15(4)25(26,27)28)31-22(32-21)24(35)36/h9-11,13-16H,5-8,12H2,1-4H3,(H,35,36)(H,30,31,32). The van der Waals surface area contributed by atoms with Gasteiger partial charge in [0.1, 0.15) is 17.3 Å². The van der Waals surface area contributed by atoms with Gasteiger partial charge in [0.15, 0.2) is 17.3 Å². The maximum absolute atomic E-state index is 13.4. The molecule has 0 amide bonds. The summed E-state index contributed by atoms with van der Waals surface area (Å²) < 4.78 is 42.1. The lowest BCUT2D eigenvalue weighted by Crippen LogP contribution is -2.34. The third-order valence-electron chi connectivity index (χ3n) is 6.89. The topological polar surface area (TPSA) is 106 Å². The number of carbonyl (C=O) groups is 1. The Hall–Kier alpha value is -3.24. The summed E-state index contributed by atoms with van der Waals surface area (Å²) in [6.45, 7) is 7.79. The van der Waals surface area contributed by atoms with E-state index < -0.39 is 24.0 Å². The second-order valence-corrected chi connectivity index (χ2v) is 10.1. The molecule has 1 aliphatic carbocycles. The van der Waals surface area contributed by atoms with E-state index in [1.54, 1.807) is 6.20 Å². The highest BCUT2D eigenvalue weighted by Gasteiger charge is 2.37. The van der Waals surface area contributed by atoms with E-state index in [2.05, 4.69) is 46.0 Å². The summed E-state index contributed by atoms with van der Waals surface area (Å²) in [6.07, 6.45) is 1.23. The zero-order valence-electron chi connectivity index (χ0n) is 20.8. The maximum atomic E-state index is 13.4. The fourth-order valence-electron chi connectivity index (χ4n) is 4.59. The molecule has 194 valence electrons. The average molecular weight is 505 g/mol. The van der Waals surface area contributed by atoms with E-state index in [9.17, 15) is 23.1 Å². The number of nitrogens with one attached hydrogen (secondary N) is 1. The van der Waals surface area contributed by atoms with E-state index in [1.807, 2.05) is 16.7 Å². The largest absolute Gasteiger partial charge is 0.475 e. The molecular formula is C25H31F3N6O2. The van der Waals surface area contributed by atoms with E-state index in [0.717, 1.165) is 38.2 Å². The van der Waals surface area contributed by atoms with Gasteiger partial charge in [-0.2, -0.15) is 13.2 Å². The number of aromatic carboxylic acids is 1. The number of carboxylic acid groups (broad SMARTS) is 1. The van der Waals surface area contributed by atoms with Crippen LogP contribution in [0, 0.1) is 11.8 Å². The van der Waals surface area contributed by atoms with Gasteiger partial charge in [0.05, 0.1) is 0 Å². The minimum atomic E-state index is -4.55. The Balaban J connectivity index is 1.92. The van der Waals surface area contributed by atoms with Crippen LogP contribution in [0.1, 0.15) is 75.5 Å². The van der Waals surface area contributed by atoms with Crippen molar-refractivity contribution in [3.05, 3.63) is 29.7 Å². The molecule has 2 N–H and O–H groups in total. The summed E-state index contributed by atoms with van der Waals surface area (Å²) in [5.41, 5.74) is 1.86. The molecule has 0 radical (unpaired) electrons. The number of rotatable bonds is 7. The monoisotopic (exact) mass is 504 g/mol. The smallest absolute Gasteiger partial charge is 0.408 e. The van der Waals surface area contributed by atoms with Crippen LogP contribution in [0.15, 0.2) is 18.3 Å². The molecule has 3 aromatic heterocycles. The second kappa shape index (κ2) is 10.0. The fraction of sp³-hybridized carbons (Fsp3) is 0.560. The molecule has 0 aliphatic heterocycles. The first kappa shape index (κ1) is 25.8. The van der Waals surface area contributed by atoms with Gasteiger partial charge in [-0.05, 0) is 55.2 Å². The van der Waals surface area contributed by atoms with Crippen molar-refractivity contribution in [2.75, 3.05) is 5.32 Å². The number of aromatic nitrogens is 5. The Kier molecular flexibility index (Phi) is 7.19. The summed E-state index contributed by atoms with van der Waals surface area (Å²) in [6, 6.07) is 1.86. The highest BCUT2D eigenvalue weighted by molar-refractivity contribution is 5.92. The lowest BCUT2D eigenvalue weighted by atomic mass is 9.83. The summed E-state index contributed by atoms with van der Waals surface area (Å²) in [5.74, 6) is -0.681. The molecule has 0 aromatic carbocycles. The van der Waals surface area contributed by atoms with Crippen molar-refractivity contribution in [1.82, 2.24) is 24.5 Å². The predicted octanol–water partition coefficient (Wildman–Crippen LogP) is 5.90. The Morgan fingerprint density at radius 2 is 1.86 bits per heavy atom. The summed E-state index contributed by atoms with van der Waals surface area (Å²) in [5, 5.41) is 11.9. The van der Waals surface area contributed by atoms with Crippen LogP contribution < -0.4 is 5.32 Å². The van der Waals surface area contributed by atoms with Crippen LogP contribution in [0.3, 0.4) is 0 Å². The van der Waals surface area contributed by atoms with Crippen molar-refractivity contribution in [2.45, 2.75) is 78.1 Å². The average Bonchev–Trinajstić information content (AvgIpc) is 3.18. The third-order valence-corrected chi connectivity index (χ3v) is 6.89. The van der Waals surface area contributed by atoms with Crippen LogP contribution in [0.2, 0.25) is 0 Å². The van der Waals surface area contributed by atoms with E-state index >= 15 is 0 Å². The normalized spacial score (nSPS) is 19.6. The summed E-state index contributed by atoms with van der Waals surface area (Å²) >= 11 is 0.